The molecule has 1 heterocycles. The highest BCUT2D eigenvalue weighted by atomic mass is 35.5. The topological polar surface area (TPSA) is 25.8 Å². The minimum atomic E-state index is 0.665. The maximum Gasteiger partial charge on any atom is 0.161 e. The van der Waals surface area contributed by atoms with Gasteiger partial charge in [0.1, 0.15) is 0 Å². The predicted molar refractivity (Wildman–Crippen MR) is 74.7 cm³/mol. The van der Waals surface area contributed by atoms with Gasteiger partial charge in [0.2, 0.25) is 0 Å². The molecule has 88 valence electrons. The van der Waals surface area contributed by atoms with Crippen LogP contribution in [0.4, 0.5) is 0 Å². The number of aromatic nitrogens is 2. The largest absolute Gasteiger partial charge is 0.236 e. The molecule has 0 saturated heterocycles. The molecule has 1 aromatic heterocycles. The Bertz CT molecular complexity index is 723. The van der Waals surface area contributed by atoms with Gasteiger partial charge in [-0.15, -0.1) is 0 Å². The number of para-hydroxylation sites is 1. The highest BCUT2D eigenvalue weighted by Crippen LogP contribution is 2.26. The Morgan fingerprint density at radius 3 is 2.72 bits per heavy atom. The molecule has 0 amide bonds. The molecule has 0 fully saturated rings. The Morgan fingerprint density at radius 1 is 1.06 bits per heavy atom. The summed E-state index contributed by atoms with van der Waals surface area (Å²) in [6.07, 6.45) is 1.83. The zero-order valence-corrected chi connectivity index (χ0v) is 10.6. The maximum atomic E-state index is 6.24. The monoisotopic (exact) mass is 254 g/mol. The molecular formula is C15H11ClN2. The van der Waals surface area contributed by atoms with Gasteiger partial charge in [-0.3, -0.25) is 0 Å². The molecular weight excluding hydrogens is 244 g/mol. The van der Waals surface area contributed by atoms with Crippen LogP contribution in [0.3, 0.4) is 0 Å². The Hall–Kier alpha value is -1.93. The van der Waals surface area contributed by atoms with E-state index in [1.165, 1.54) is 0 Å². The smallest absolute Gasteiger partial charge is 0.161 e. The maximum absolute atomic E-state index is 6.24. The molecule has 2 nitrogen and oxygen atoms in total. The Labute approximate surface area is 110 Å². The molecule has 0 aliphatic rings. The van der Waals surface area contributed by atoms with Crippen LogP contribution in [0.1, 0.15) is 5.56 Å². The first-order chi connectivity index (χ1) is 8.74. The average molecular weight is 255 g/mol. The number of nitrogens with zero attached hydrogens (tertiary/aromatic N) is 2. The normalized spacial score (nSPS) is 10.8. The highest BCUT2D eigenvalue weighted by Gasteiger charge is 2.07. The lowest BCUT2D eigenvalue weighted by Gasteiger charge is -2.05. The van der Waals surface area contributed by atoms with Crippen LogP contribution in [0.5, 0.6) is 0 Å². The van der Waals surface area contributed by atoms with Crippen molar-refractivity contribution in [2.75, 3.05) is 0 Å². The number of halogens is 1. The van der Waals surface area contributed by atoms with E-state index in [2.05, 4.69) is 9.97 Å². The standard InChI is InChI=1S/C15H11ClN2/c1-10-6-7-12(13(16)8-10)15-17-9-11-4-2-3-5-14(11)18-15/h2-9H,1H3. The molecule has 0 aliphatic heterocycles. The second-order valence-electron chi connectivity index (χ2n) is 4.24. The summed E-state index contributed by atoms with van der Waals surface area (Å²) in [6, 6.07) is 13.8. The summed E-state index contributed by atoms with van der Waals surface area (Å²) in [4.78, 5) is 8.91. The van der Waals surface area contributed by atoms with E-state index in [4.69, 9.17) is 11.6 Å². The lowest BCUT2D eigenvalue weighted by Crippen LogP contribution is -1.90. The van der Waals surface area contributed by atoms with Crippen LogP contribution in [0.15, 0.2) is 48.7 Å². The van der Waals surface area contributed by atoms with Gasteiger partial charge in [0, 0.05) is 17.1 Å². The Morgan fingerprint density at radius 2 is 1.89 bits per heavy atom. The number of rotatable bonds is 1. The molecule has 0 radical (unpaired) electrons. The van der Waals surface area contributed by atoms with Gasteiger partial charge in [0.25, 0.3) is 0 Å². The number of aryl methyl sites for hydroxylation is 1. The molecule has 0 saturated carbocycles. The number of fused-ring (bicyclic) bond motifs is 1. The lowest BCUT2D eigenvalue weighted by molar-refractivity contribution is 1.22. The van der Waals surface area contributed by atoms with E-state index in [1.807, 2.05) is 55.6 Å². The van der Waals surface area contributed by atoms with Crippen molar-refractivity contribution in [1.82, 2.24) is 9.97 Å². The fourth-order valence-electron chi connectivity index (χ4n) is 1.90. The van der Waals surface area contributed by atoms with E-state index in [-0.39, 0.29) is 0 Å². The van der Waals surface area contributed by atoms with Gasteiger partial charge in [-0.2, -0.15) is 0 Å². The van der Waals surface area contributed by atoms with Crippen molar-refractivity contribution in [2.45, 2.75) is 6.92 Å². The van der Waals surface area contributed by atoms with E-state index in [0.29, 0.717) is 10.8 Å². The summed E-state index contributed by atoms with van der Waals surface area (Å²) >= 11 is 6.24. The summed E-state index contributed by atoms with van der Waals surface area (Å²) in [6.45, 7) is 2.01. The third-order valence-corrected chi connectivity index (χ3v) is 3.17. The molecule has 3 heteroatoms. The van der Waals surface area contributed by atoms with Crippen molar-refractivity contribution in [2.24, 2.45) is 0 Å². The molecule has 3 aromatic rings. The van der Waals surface area contributed by atoms with E-state index in [1.54, 1.807) is 0 Å². The van der Waals surface area contributed by atoms with Crippen LogP contribution in [0.25, 0.3) is 22.3 Å². The lowest BCUT2D eigenvalue weighted by atomic mass is 10.1. The van der Waals surface area contributed by atoms with Crippen molar-refractivity contribution < 1.29 is 0 Å². The molecule has 0 bridgehead atoms. The quantitative estimate of drug-likeness (QED) is 0.648. The summed E-state index contributed by atoms with van der Waals surface area (Å²) in [5, 5.41) is 1.72. The fourth-order valence-corrected chi connectivity index (χ4v) is 2.22. The molecule has 3 rings (SSSR count). The zero-order valence-electron chi connectivity index (χ0n) is 9.89. The minimum absolute atomic E-state index is 0.665. The molecule has 0 unspecified atom stereocenters. The van der Waals surface area contributed by atoms with Crippen LogP contribution in [-0.2, 0) is 0 Å². The van der Waals surface area contributed by atoms with E-state index in [0.717, 1.165) is 22.0 Å². The molecule has 0 N–H and O–H groups in total. The molecule has 2 aromatic carbocycles. The molecule has 0 aliphatic carbocycles. The average Bonchev–Trinajstić information content (AvgIpc) is 2.38. The van der Waals surface area contributed by atoms with Crippen molar-refractivity contribution in [3.8, 4) is 11.4 Å². The van der Waals surface area contributed by atoms with Crippen LogP contribution in [0, 0.1) is 6.92 Å². The SMILES string of the molecule is Cc1ccc(-c2ncc3ccccc3n2)c(Cl)c1. The third-order valence-electron chi connectivity index (χ3n) is 2.85. The van der Waals surface area contributed by atoms with Crippen molar-refractivity contribution in [3.05, 3.63) is 59.2 Å². The van der Waals surface area contributed by atoms with Gasteiger partial charge in [0.05, 0.1) is 10.5 Å². The van der Waals surface area contributed by atoms with E-state index >= 15 is 0 Å². The highest BCUT2D eigenvalue weighted by molar-refractivity contribution is 6.33. The summed E-state index contributed by atoms with van der Waals surface area (Å²) in [7, 11) is 0. The van der Waals surface area contributed by atoms with Crippen molar-refractivity contribution in [1.29, 1.82) is 0 Å². The minimum Gasteiger partial charge on any atom is -0.236 e. The summed E-state index contributed by atoms with van der Waals surface area (Å²) < 4.78 is 0. The number of benzene rings is 2. The summed E-state index contributed by atoms with van der Waals surface area (Å²) in [5.74, 6) is 0.665. The Kier molecular flexibility index (Phi) is 2.73. The third kappa shape index (κ3) is 1.95. The fraction of sp³-hybridized carbons (Fsp3) is 0.0667. The van der Waals surface area contributed by atoms with Crippen molar-refractivity contribution in [3.63, 3.8) is 0 Å². The molecule has 0 atom stereocenters. The van der Waals surface area contributed by atoms with Crippen LogP contribution < -0.4 is 0 Å². The van der Waals surface area contributed by atoms with Gasteiger partial charge >= 0.3 is 0 Å². The molecule has 0 spiro atoms. The second-order valence-corrected chi connectivity index (χ2v) is 4.64. The van der Waals surface area contributed by atoms with Gasteiger partial charge in [0.15, 0.2) is 5.82 Å². The Balaban J connectivity index is 2.19. The zero-order chi connectivity index (χ0) is 12.5. The van der Waals surface area contributed by atoms with Gasteiger partial charge in [-0.1, -0.05) is 35.9 Å². The van der Waals surface area contributed by atoms with Gasteiger partial charge < -0.3 is 0 Å². The molecule has 18 heavy (non-hydrogen) atoms. The van der Waals surface area contributed by atoms with E-state index in [9.17, 15) is 0 Å². The predicted octanol–water partition coefficient (Wildman–Crippen LogP) is 4.26. The van der Waals surface area contributed by atoms with Crippen LogP contribution >= 0.6 is 11.6 Å². The summed E-state index contributed by atoms with van der Waals surface area (Å²) in [5.41, 5.74) is 2.93. The van der Waals surface area contributed by atoms with Crippen LogP contribution in [0.2, 0.25) is 5.02 Å². The first kappa shape index (κ1) is 11.2. The number of hydrogen-bond donors (Lipinski definition) is 0. The first-order valence-corrected chi connectivity index (χ1v) is 6.10. The van der Waals surface area contributed by atoms with Gasteiger partial charge in [-0.25, -0.2) is 9.97 Å². The van der Waals surface area contributed by atoms with Crippen LogP contribution in [-0.4, -0.2) is 9.97 Å². The van der Waals surface area contributed by atoms with Gasteiger partial charge in [-0.05, 0) is 30.7 Å². The first-order valence-electron chi connectivity index (χ1n) is 5.72. The number of hydrogen-bond acceptors (Lipinski definition) is 2. The second kappa shape index (κ2) is 4.39. The van der Waals surface area contributed by atoms with Crippen molar-refractivity contribution >= 4 is 22.5 Å². The van der Waals surface area contributed by atoms with E-state index < -0.39 is 0 Å².